The molecule has 25 heavy (non-hydrogen) atoms. The zero-order chi connectivity index (χ0) is 18.5. The zero-order valence-electron chi connectivity index (χ0n) is 16.7. The lowest BCUT2D eigenvalue weighted by Gasteiger charge is -2.33. The van der Waals surface area contributed by atoms with E-state index in [1.165, 1.54) is 39.3 Å². The topological polar surface area (TPSA) is 57.2 Å². The Bertz CT molecular complexity index is 391. The van der Waals surface area contributed by atoms with E-state index in [1.54, 1.807) is 0 Å². The van der Waals surface area contributed by atoms with Crippen LogP contribution in [0.5, 0.6) is 0 Å². The summed E-state index contributed by atoms with van der Waals surface area (Å²) in [4.78, 5) is 20.9. The van der Waals surface area contributed by atoms with E-state index < -0.39 is 0 Å². The number of esters is 1. The molecule has 0 aromatic rings. The van der Waals surface area contributed by atoms with Gasteiger partial charge in [0.05, 0.1) is 13.0 Å². The second-order valence-corrected chi connectivity index (χ2v) is 7.09. The van der Waals surface area contributed by atoms with Gasteiger partial charge in [-0.1, -0.05) is 19.3 Å². The maximum Gasteiger partial charge on any atom is 0.308 e. The SMILES string of the molecule is CCNC(=NCCCCCCCN(C)C)N1CCC(C(=O)OC)CC1. The van der Waals surface area contributed by atoms with Gasteiger partial charge in [0.1, 0.15) is 0 Å². The molecule has 1 fully saturated rings. The maximum atomic E-state index is 11.6. The summed E-state index contributed by atoms with van der Waals surface area (Å²) >= 11 is 0. The molecule has 1 saturated heterocycles. The molecule has 0 unspecified atom stereocenters. The van der Waals surface area contributed by atoms with Gasteiger partial charge in [-0.3, -0.25) is 9.79 Å². The van der Waals surface area contributed by atoms with Crippen molar-refractivity contribution >= 4 is 11.9 Å². The fraction of sp³-hybridized carbons (Fsp3) is 0.895. The zero-order valence-corrected chi connectivity index (χ0v) is 16.7. The minimum absolute atomic E-state index is 0.0475. The second kappa shape index (κ2) is 13.0. The van der Waals surface area contributed by atoms with Crippen LogP contribution in [-0.2, 0) is 9.53 Å². The molecule has 1 heterocycles. The molecule has 1 N–H and O–H groups in total. The van der Waals surface area contributed by atoms with Crippen LogP contribution in [0.3, 0.4) is 0 Å². The summed E-state index contributed by atoms with van der Waals surface area (Å²) in [5.41, 5.74) is 0. The van der Waals surface area contributed by atoms with E-state index in [0.29, 0.717) is 0 Å². The Balaban J connectivity index is 2.26. The van der Waals surface area contributed by atoms with Gasteiger partial charge in [-0.05, 0) is 53.2 Å². The number of nitrogens with one attached hydrogen (secondary N) is 1. The first-order valence-corrected chi connectivity index (χ1v) is 9.84. The molecule has 0 radical (unpaired) electrons. The summed E-state index contributed by atoms with van der Waals surface area (Å²) in [5, 5.41) is 3.39. The Kier molecular flexibility index (Phi) is 11.3. The number of likely N-dealkylation sites (tertiary alicyclic amines) is 1. The molecule has 0 aromatic carbocycles. The van der Waals surface area contributed by atoms with Gasteiger partial charge in [-0.15, -0.1) is 0 Å². The van der Waals surface area contributed by atoms with Crippen molar-refractivity contribution in [2.75, 3.05) is 53.9 Å². The highest BCUT2D eigenvalue weighted by Gasteiger charge is 2.26. The summed E-state index contributed by atoms with van der Waals surface area (Å²) < 4.78 is 4.86. The van der Waals surface area contributed by atoms with E-state index in [1.807, 2.05) is 0 Å². The van der Waals surface area contributed by atoms with E-state index >= 15 is 0 Å². The Morgan fingerprint density at radius 1 is 1.16 bits per heavy atom. The Morgan fingerprint density at radius 3 is 2.40 bits per heavy atom. The number of piperidine rings is 1. The van der Waals surface area contributed by atoms with Gasteiger partial charge in [0.25, 0.3) is 0 Å². The molecule has 0 saturated carbocycles. The lowest BCUT2D eigenvalue weighted by molar-refractivity contribution is -0.146. The van der Waals surface area contributed by atoms with E-state index in [2.05, 4.69) is 36.1 Å². The molecule has 0 bridgehead atoms. The van der Waals surface area contributed by atoms with Crippen molar-refractivity contribution in [1.29, 1.82) is 0 Å². The van der Waals surface area contributed by atoms with Crippen LogP contribution < -0.4 is 5.32 Å². The van der Waals surface area contributed by atoms with E-state index in [4.69, 9.17) is 9.73 Å². The van der Waals surface area contributed by atoms with E-state index in [-0.39, 0.29) is 11.9 Å². The molecular formula is C19H38N4O2. The summed E-state index contributed by atoms with van der Waals surface area (Å²) in [6, 6.07) is 0. The number of hydrogen-bond donors (Lipinski definition) is 1. The Morgan fingerprint density at radius 2 is 1.80 bits per heavy atom. The van der Waals surface area contributed by atoms with Crippen LogP contribution in [0.15, 0.2) is 4.99 Å². The van der Waals surface area contributed by atoms with Gasteiger partial charge >= 0.3 is 5.97 Å². The van der Waals surface area contributed by atoms with Gasteiger partial charge in [-0.2, -0.15) is 0 Å². The summed E-state index contributed by atoms with van der Waals surface area (Å²) in [6.45, 7) is 6.78. The first-order chi connectivity index (χ1) is 12.1. The third-order valence-electron chi connectivity index (χ3n) is 4.69. The Labute approximate surface area is 154 Å². The van der Waals surface area contributed by atoms with E-state index in [9.17, 15) is 4.79 Å². The molecule has 6 nitrogen and oxygen atoms in total. The number of nitrogens with zero attached hydrogens (tertiary/aromatic N) is 3. The molecule has 146 valence electrons. The van der Waals surface area contributed by atoms with Crippen molar-refractivity contribution in [3.8, 4) is 0 Å². The fourth-order valence-electron chi connectivity index (χ4n) is 3.17. The molecule has 1 rings (SSSR count). The van der Waals surface area contributed by atoms with Gasteiger partial charge in [0.2, 0.25) is 0 Å². The number of guanidine groups is 1. The normalized spacial score (nSPS) is 16.4. The molecule has 0 amide bonds. The van der Waals surface area contributed by atoms with Crippen LogP contribution in [0.25, 0.3) is 0 Å². The molecule has 0 spiro atoms. The monoisotopic (exact) mass is 354 g/mol. The summed E-state index contributed by atoms with van der Waals surface area (Å²) in [7, 11) is 5.73. The third-order valence-corrected chi connectivity index (χ3v) is 4.69. The number of hydrogen-bond acceptors (Lipinski definition) is 4. The number of carbonyl (C=O) groups excluding carboxylic acids is 1. The van der Waals surface area contributed by atoms with Crippen molar-refractivity contribution in [3.05, 3.63) is 0 Å². The number of rotatable bonds is 10. The predicted molar refractivity (Wildman–Crippen MR) is 104 cm³/mol. The lowest BCUT2D eigenvalue weighted by Crippen LogP contribution is -2.46. The molecule has 0 aliphatic carbocycles. The van der Waals surface area contributed by atoms with Crippen molar-refractivity contribution in [1.82, 2.24) is 15.1 Å². The number of methoxy groups -OCH3 is 1. The van der Waals surface area contributed by atoms with Crippen LogP contribution in [0.2, 0.25) is 0 Å². The van der Waals surface area contributed by atoms with Gasteiger partial charge in [-0.25, -0.2) is 0 Å². The van der Waals surface area contributed by atoms with Crippen LogP contribution >= 0.6 is 0 Å². The van der Waals surface area contributed by atoms with E-state index in [0.717, 1.165) is 51.4 Å². The van der Waals surface area contributed by atoms with Crippen molar-refractivity contribution in [2.45, 2.75) is 51.9 Å². The third kappa shape index (κ3) is 9.10. The number of unbranched alkanes of at least 4 members (excludes halogenated alkanes) is 4. The molecule has 0 atom stereocenters. The van der Waals surface area contributed by atoms with Crippen LogP contribution in [0.4, 0.5) is 0 Å². The first kappa shape index (κ1) is 21.7. The van der Waals surface area contributed by atoms with Gasteiger partial charge in [0, 0.05) is 26.2 Å². The van der Waals surface area contributed by atoms with Crippen LogP contribution in [0, 0.1) is 5.92 Å². The van der Waals surface area contributed by atoms with Crippen molar-refractivity contribution in [2.24, 2.45) is 10.9 Å². The maximum absolute atomic E-state index is 11.6. The number of carbonyl (C=O) groups is 1. The second-order valence-electron chi connectivity index (χ2n) is 7.09. The number of aliphatic imine (C=N–C) groups is 1. The van der Waals surface area contributed by atoms with Gasteiger partial charge < -0.3 is 19.9 Å². The summed E-state index contributed by atoms with van der Waals surface area (Å²) in [5.74, 6) is 0.973. The quantitative estimate of drug-likeness (QED) is 0.282. The van der Waals surface area contributed by atoms with Crippen LogP contribution in [-0.4, -0.2) is 75.7 Å². The van der Waals surface area contributed by atoms with Gasteiger partial charge in [0.15, 0.2) is 5.96 Å². The Hall–Kier alpha value is -1.30. The number of ether oxygens (including phenoxy) is 1. The average Bonchev–Trinajstić information content (AvgIpc) is 2.62. The summed E-state index contributed by atoms with van der Waals surface area (Å²) in [6.07, 6.45) is 7.99. The highest BCUT2D eigenvalue weighted by molar-refractivity contribution is 5.80. The van der Waals surface area contributed by atoms with Crippen LogP contribution in [0.1, 0.15) is 51.9 Å². The largest absolute Gasteiger partial charge is 0.469 e. The smallest absolute Gasteiger partial charge is 0.308 e. The molecular weight excluding hydrogens is 316 g/mol. The highest BCUT2D eigenvalue weighted by atomic mass is 16.5. The molecule has 0 aromatic heterocycles. The fourth-order valence-corrected chi connectivity index (χ4v) is 3.17. The highest BCUT2D eigenvalue weighted by Crippen LogP contribution is 2.18. The lowest BCUT2D eigenvalue weighted by atomic mass is 9.97. The molecule has 1 aliphatic heterocycles. The standard InChI is InChI=1S/C19H38N4O2/c1-5-20-19(21-13-9-7-6-8-10-14-22(2)3)23-15-11-17(12-16-23)18(24)25-4/h17H,5-16H2,1-4H3,(H,20,21). The molecule has 6 heteroatoms. The minimum atomic E-state index is -0.0733. The minimum Gasteiger partial charge on any atom is -0.469 e. The van der Waals surface area contributed by atoms with Crippen molar-refractivity contribution in [3.63, 3.8) is 0 Å². The predicted octanol–water partition coefficient (Wildman–Crippen LogP) is 2.35. The average molecular weight is 355 g/mol. The molecule has 1 aliphatic rings. The first-order valence-electron chi connectivity index (χ1n) is 9.84. The van der Waals surface area contributed by atoms with Crippen molar-refractivity contribution < 1.29 is 9.53 Å².